The van der Waals surface area contributed by atoms with Gasteiger partial charge in [0.05, 0.1) is 0 Å². The van der Waals surface area contributed by atoms with Crippen LogP contribution in [0, 0.1) is 5.92 Å². The number of rotatable bonds is 4. The first-order valence-corrected chi connectivity index (χ1v) is 6.99. The van der Waals surface area contributed by atoms with Crippen molar-refractivity contribution < 1.29 is 27.9 Å². The lowest BCUT2D eigenvalue weighted by Gasteiger charge is -2.35. The molecular formula is C13H21F3N2O3. The molecule has 0 radical (unpaired) electrons. The molecule has 0 aromatic heterocycles. The van der Waals surface area contributed by atoms with Crippen molar-refractivity contribution in [1.29, 1.82) is 0 Å². The van der Waals surface area contributed by atoms with Crippen molar-refractivity contribution in [2.24, 2.45) is 5.92 Å². The van der Waals surface area contributed by atoms with E-state index >= 15 is 0 Å². The molecule has 1 fully saturated rings. The van der Waals surface area contributed by atoms with Crippen molar-refractivity contribution in [3.8, 4) is 0 Å². The Hall–Kier alpha value is -1.47. The minimum Gasteiger partial charge on any atom is -0.479 e. The normalized spacial score (nSPS) is 20.0. The number of alkyl halides is 3. The number of carboxylic acid groups (broad SMARTS) is 1. The molecule has 0 aromatic rings. The number of amides is 2. The number of aliphatic carboxylic acids is 1. The Labute approximate surface area is 121 Å². The van der Waals surface area contributed by atoms with Gasteiger partial charge < -0.3 is 15.3 Å². The summed E-state index contributed by atoms with van der Waals surface area (Å²) in [6.07, 6.45) is -1.53. The first-order chi connectivity index (χ1) is 9.61. The Morgan fingerprint density at radius 3 is 2.19 bits per heavy atom. The molecule has 0 spiro atoms. The average molecular weight is 310 g/mol. The topological polar surface area (TPSA) is 69.6 Å². The summed E-state index contributed by atoms with van der Waals surface area (Å²) < 4.78 is 38.5. The Morgan fingerprint density at radius 2 is 1.81 bits per heavy atom. The predicted molar refractivity (Wildman–Crippen MR) is 69.8 cm³/mol. The molecule has 122 valence electrons. The van der Waals surface area contributed by atoms with Gasteiger partial charge in [0.2, 0.25) is 5.54 Å². The molecule has 5 nitrogen and oxygen atoms in total. The summed E-state index contributed by atoms with van der Waals surface area (Å²) in [7, 11) is 0. The van der Waals surface area contributed by atoms with Gasteiger partial charge >= 0.3 is 18.2 Å². The van der Waals surface area contributed by atoms with E-state index in [2.05, 4.69) is 6.92 Å². The maximum Gasteiger partial charge on any atom is 0.422 e. The van der Waals surface area contributed by atoms with E-state index in [9.17, 15) is 22.8 Å². The molecule has 1 aliphatic rings. The number of halogens is 3. The van der Waals surface area contributed by atoms with Crippen molar-refractivity contribution in [3.63, 3.8) is 0 Å². The summed E-state index contributed by atoms with van der Waals surface area (Å²) in [4.78, 5) is 24.0. The fraction of sp³-hybridized carbons (Fsp3) is 0.846. The van der Waals surface area contributed by atoms with Gasteiger partial charge in [-0.2, -0.15) is 13.2 Å². The van der Waals surface area contributed by atoms with Crippen molar-refractivity contribution in [3.05, 3.63) is 0 Å². The third-order valence-corrected chi connectivity index (χ3v) is 3.95. The summed E-state index contributed by atoms with van der Waals surface area (Å²) in [6, 6.07) is -0.979. The monoisotopic (exact) mass is 310 g/mol. The molecule has 1 rings (SSSR count). The summed E-state index contributed by atoms with van der Waals surface area (Å²) in [5, 5.41) is 10.4. The Bertz CT molecular complexity index is 393. The second-order valence-corrected chi connectivity index (χ2v) is 5.58. The lowest BCUT2D eigenvalue weighted by molar-refractivity contribution is -0.203. The number of piperidine rings is 1. The maximum atomic E-state index is 12.8. The van der Waals surface area contributed by atoms with Crippen LogP contribution in [-0.2, 0) is 4.79 Å². The largest absolute Gasteiger partial charge is 0.479 e. The Balaban J connectivity index is 2.66. The Kier molecular flexibility index (Phi) is 5.47. The molecule has 1 atom stereocenters. The second-order valence-electron chi connectivity index (χ2n) is 5.58. The zero-order valence-corrected chi connectivity index (χ0v) is 12.2. The molecule has 1 saturated heterocycles. The molecule has 2 amide bonds. The number of carbonyl (C=O) groups excluding carboxylic acids is 1. The van der Waals surface area contributed by atoms with Crippen molar-refractivity contribution in [2.75, 3.05) is 13.1 Å². The summed E-state index contributed by atoms with van der Waals surface area (Å²) in [6.45, 7) is 3.21. The van der Waals surface area contributed by atoms with Gasteiger partial charge in [0.1, 0.15) is 0 Å². The van der Waals surface area contributed by atoms with E-state index in [4.69, 9.17) is 5.11 Å². The highest BCUT2D eigenvalue weighted by atomic mass is 19.4. The van der Waals surface area contributed by atoms with Gasteiger partial charge in [0.15, 0.2) is 0 Å². The van der Waals surface area contributed by atoms with Gasteiger partial charge in [-0.05, 0) is 25.7 Å². The molecular weight excluding hydrogens is 289 g/mol. The highest BCUT2D eigenvalue weighted by molar-refractivity contribution is 5.86. The van der Waals surface area contributed by atoms with Crippen LogP contribution in [0.25, 0.3) is 0 Å². The van der Waals surface area contributed by atoms with Crippen LogP contribution >= 0.6 is 0 Å². The van der Waals surface area contributed by atoms with Crippen LogP contribution in [0.15, 0.2) is 0 Å². The van der Waals surface area contributed by atoms with Crippen molar-refractivity contribution in [1.82, 2.24) is 10.2 Å². The van der Waals surface area contributed by atoms with Gasteiger partial charge in [0.25, 0.3) is 0 Å². The standard InChI is InChI=1S/C13H21F3N2O3/c1-3-4-9-5-7-18(8-6-9)11(21)17-12(2,10(19)20)13(14,15)16/h9H,3-8H2,1-2H3,(H,17,21)(H,19,20). The van der Waals surface area contributed by atoms with Crippen LogP contribution in [-0.4, -0.2) is 46.8 Å². The molecule has 0 saturated carbocycles. The zero-order valence-electron chi connectivity index (χ0n) is 12.2. The number of nitrogens with zero attached hydrogens (tertiary/aromatic N) is 1. The number of nitrogens with one attached hydrogen (secondary N) is 1. The number of hydrogen-bond acceptors (Lipinski definition) is 2. The van der Waals surface area contributed by atoms with Crippen LogP contribution < -0.4 is 5.32 Å². The first kappa shape index (κ1) is 17.6. The van der Waals surface area contributed by atoms with Gasteiger partial charge in [-0.3, -0.25) is 0 Å². The molecule has 1 aliphatic heterocycles. The number of carboxylic acids is 1. The van der Waals surface area contributed by atoms with Gasteiger partial charge in [-0.1, -0.05) is 19.8 Å². The minimum absolute atomic E-state index is 0.351. The summed E-state index contributed by atoms with van der Waals surface area (Å²) in [5.74, 6) is -1.64. The molecule has 1 heterocycles. The third kappa shape index (κ3) is 4.01. The average Bonchev–Trinajstić information content (AvgIpc) is 2.38. The fourth-order valence-electron chi connectivity index (χ4n) is 2.37. The van der Waals surface area contributed by atoms with Crippen LogP contribution in [0.3, 0.4) is 0 Å². The number of hydrogen-bond donors (Lipinski definition) is 2. The van der Waals surface area contributed by atoms with Crippen LogP contribution in [0.2, 0.25) is 0 Å². The maximum absolute atomic E-state index is 12.8. The second kappa shape index (κ2) is 6.53. The molecule has 0 bridgehead atoms. The Morgan fingerprint density at radius 1 is 1.29 bits per heavy atom. The van der Waals surface area contributed by atoms with E-state index in [0.29, 0.717) is 25.9 Å². The molecule has 0 aromatic carbocycles. The van der Waals surface area contributed by atoms with Crippen LogP contribution in [0.1, 0.15) is 39.5 Å². The molecule has 21 heavy (non-hydrogen) atoms. The molecule has 2 N–H and O–H groups in total. The lowest BCUT2D eigenvalue weighted by atomic mass is 9.92. The van der Waals surface area contributed by atoms with Gasteiger partial charge in [-0.15, -0.1) is 0 Å². The molecule has 8 heteroatoms. The van der Waals surface area contributed by atoms with E-state index in [1.165, 1.54) is 4.90 Å². The first-order valence-electron chi connectivity index (χ1n) is 6.99. The zero-order chi connectivity index (χ0) is 16.3. The smallest absolute Gasteiger partial charge is 0.422 e. The highest BCUT2D eigenvalue weighted by Gasteiger charge is 2.58. The van der Waals surface area contributed by atoms with Crippen molar-refractivity contribution in [2.45, 2.75) is 51.2 Å². The quantitative estimate of drug-likeness (QED) is 0.838. The third-order valence-electron chi connectivity index (χ3n) is 3.95. The number of urea groups is 1. The van der Waals surface area contributed by atoms with Crippen LogP contribution in [0.5, 0.6) is 0 Å². The molecule has 1 unspecified atom stereocenters. The van der Waals surface area contributed by atoms with E-state index in [0.717, 1.165) is 25.7 Å². The number of carbonyl (C=O) groups is 2. The summed E-state index contributed by atoms with van der Waals surface area (Å²) in [5.41, 5.74) is -3.27. The minimum atomic E-state index is -5.06. The van der Waals surface area contributed by atoms with Gasteiger partial charge in [-0.25, -0.2) is 9.59 Å². The van der Waals surface area contributed by atoms with E-state index in [-0.39, 0.29) is 0 Å². The SMILES string of the molecule is CCCC1CCN(C(=O)NC(C)(C(=O)O)C(F)(F)F)CC1. The van der Waals surface area contributed by atoms with Gasteiger partial charge in [0, 0.05) is 13.1 Å². The summed E-state index contributed by atoms with van der Waals surface area (Å²) >= 11 is 0. The predicted octanol–water partition coefficient (Wildman–Crippen LogP) is 2.61. The van der Waals surface area contributed by atoms with Crippen LogP contribution in [0.4, 0.5) is 18.0 Å². The number of likely N-dealkylation sites (tertiary alicyclic amines) is 1. The van der Waals surface area contributed by atoms with E-state index in [1.54, 1.807) is 5.32 Å². The molecule has 0 aliphatic carbocycles. The van der Waals surface area contributed by atoms with E-state index < -0.39 is 23.7 Å². The fourth-order valence-corrected chi connectivity index (χ4v) is 2.37. The highest BCUT2D eigenvalue weighted by Crippen LogP contribution is 2.31. The van der Waals surface area contributed by atoms with Crippen molar-refractivity contribution >= 4 is 12.0 Å². The lowest BCUT2D eigenvalue weighted by Crippen LogP contribution is -2.64. The van der Waals surface area contributed by atoms with E-state index in [1.807, 2.05) is 0 Å².